The van der Waals surface area contributed by atoms with Gasteiger partial charge in [0.15, 0.2) is 0 Å². The standard InChI is InChI=1S/C15H26N2O3S/c1-11(2)9-13(10-18)16-14-7-5-6-8-15(14)21(19,20)17-12(3)4/h5-8,11-13,16-18H,9-10H2,1-4H3. The maximum Gasteiger partial charge on any atom is 0.242 e. The van der Waals surface area contributed by atoms with Crippen molar-refractivity contribution in [3.8, 4) is 0 Å². The molecule has 0 aliphatic carbocycles. The van der Waals surface area contributed by atoms with Crippen LogP contribution in [-0.2, 0) is 10.0 Å². The number of aliphatic hydroxyl groups excluding tert-OH is 1. The average molecular weight is 314 g/mol. The third-order valence-electron chi connectivity index (χ3n) is 2.90. The molecule has 0 amide bonds. The van der Waals surface area contributed by atoms with Crippen LogP contribution in [0.5, 0.6) is 0 Å². The van der Waals surface area contributed by atoms with Crippen molar-refractivity contribution < 1.29 is 13.5 Å². The third kappa shape index (κ3) is 5.65. The molecule has 21 heavy (non-hydrogen) atoms. The van der Waals surface area contributed by atoms with Crippen LogP contribution in [0.25, 0.3) is 0 Å². The van der Waals surface area contributed by atoms with E-state index in [2.05, 4.69) is 23.9 Å². The van der Waals surface area contributed by atoms with Crippen molar-refractivity contribution in [2.75, 3.05) is 11.9 Å². The molecule has 0 radical (unpaired) electrons. The number of anilines is 1. The fourth-order valence-electron chi connectivity index (χ4n) is 2.16. The van der Waals surface area contributed by atoms with Crippen LogP contribution in [0.15, 0.2) is 29.2 Å². The van der Waals surface area contributed by atoms with E-state index in [0.29, 0.717) is 11.6 Å². The minimum absolute atomic E-state index is 0.0375. The molecule has 3 N–H and O–H groups in total. The van der Waals surface area contributed by atoms with Crippen molar-refractivity contribution in [3.05, 3.63) is 24.3 Å². The second kappa shape index (κ2) is 7.77. The van der Waals surface area contributed by atoms with E-state index in [9.17, 15) is 13.5 Å². The minimum Gasteiger partial charge on any atom is -0.394 e. The molecule has 1 atom stereocenters. The van der Waals surface area contributed by atoms with Gasteiger partial charge >= 0.3 is 0 Å². The normalized spacial score (nSPS) is 13.7. The van der Waals surface area contributed by atoms with Gasteiger partial charge in [0.1, 0.15) is 4.90 Å². The quantitative estimate of drug-likeness (QED) is 0.687. The summed E-state index contributed by atoms with van der Waals surface area (Å²) in [4.78, 5) is 0.209. The first-order chi connectivity index (χ1) is 9.76. The molecule has 0 fully saturated rings. The molecule has 1 rings (SSSR count). The number of hydrogen-bond acceptors (Lipinski definition) is 4. The predicted molar refractivity (Wildman–Crippen MR) is 85.9 cm³/mol. The Morgan fingerprint density at radius 2 is 1.76 bits per heavy atom. The lowest BCUT2D eigenvalue weighted by molar-refractivity contribution is 0.259. The van der Waals surface area contributed by atoms with Crippen molar-refractivity contribution in [1.29, 1.82) is 0 Å². The number of para-hydroxylation sites is 1. The van der Waals surface area contributed by atoms with Gasteiger partial charge in [0, 0.05) is 12.1 Å². The Balaban J connectivity index is 3.04. The summed E-state index contributed by atoms with van der Waals surface area (Å²) >= 11 is 0. The average Bonchev–Trinajstić information content (AvgIpc) is 2.36. The van der Waals surface area contributed by atoms with Crippen LogP contribution in [0, 0.1) is 5.92 Å². The van der Waals surface area contributed by atoms with E-state index in [4.69, 9.17) is 0 Å². The lowest BCUT2D eigenvalue weighted by atomic mass is 10.0. The number of hydrogen-bond donors (Lipinski definition) is 3. The van der Waals surface area contributed by atoms with Gasteiger partial charge in [0.2, 0.25) is 10.0 Å². The smallest absolute Gasteiger partial charge is 0.242 e. The van der Waals surface area contributed by atoms with E-state index >= 15 is 0 Å². The molecule has 0 bridgehead atoms. The van der Waals surface area contributed by atoms with Crippen LogP contribution < -0.4 is 10.0 Å². The molecule has 0 aliphatic heterocycles. The zero-order valence-electron chi connectivity index (χ0n) is 13.1. The summed E-state index contributed by atoms with van der Waals surface area (Å²) in [5, 5.41) is 12.6. The molecule has 0 heterocycles. The Hall–Kier alpha value is -1.11. The van der Waals surface area contributed by atoms with Crippen molar-refractivity contribution in [1.82, 2.24) is 4.72 Å². The van der Waals surface area contributed by atoms with Crippen molar-refractivity contribution in [2.45, 2.75) is 51.1 Å². The Bertz CT molecular complexity index is 542. The van der Waals surface area contributed by atoms with Gasteiger partial charge in [-0.1, -0.05) is 26.0 Å². The van der Waals surface area contributed by atoms with E-state index < -0.39 is 10.0 Å². The molecule has 5 nitrogen and oxygen atoms in total. The zero-order valence-corrected chi connectivity index (χ0v) is 13.9. The summed E-state index contributed by atoms with van der Waals surface area (Å²) in [6.45, 7) is 7.65. The van der Waals surface area contributed by atoms with E-state index in [-0.39, 0.29) is 23.6 Å². The van der Waals surface area contributed by atoms with E-state index in [1.54, 1.807) is 38.1 Å². The SMILES string of the molecule is CC(C)CC(CO)Nc1ccccc1S(=O)(=O)NC(C)C. The molecule has 1 unspecified atom stereocenters. The van der Waals surface area contributed by atoms with Crippen LogP contribution in [-0.4, -0.2) is 32.2 Å². The van der Waals surface area contributed by atoms with Crippen LogP contribution in [0.2, 0.25) is 0 Å². The summed E-state index contributed by atoms with van der Waals surface area (Å²) in [7, 11) is -3.57. The zero-order chi connectivity index (χ0) is 16.0. The van der Waals surface area contributed by atoms with Crippen LogP contribution >= 0.6 is 0 Å². The molecule has 1 aromatic rings. The molecular weight excluding hydrogens is 288 g/mol. The van der Waals surface area contributed by atoms with Gasteiger partial charge in [-0.3, -0.25) is 0 Å². The highest BCUT2D eigenvalue weighted by molar-refractivity contribution is 7.89. The monoisotopic (exact) mass is 314 g/mol. The maximum absolute atomic E-state index is 12.3. The largest absolute Gasteiger partial charge is 0.394 e. The fraction of sp³-hybridized carbons (Fsp3) is 0.600. The van der Waals surface area contributed by atoms with Gasteiger partial charge in [-0.2, -0.15) is 0 Å². The molecule has 120 valence electrons. The summed E-state index contributed by atoms with van der Waals surface area (Å²) in [5.41, 5.74) is 0.519. The molecule has 1 aromatic carbocycles. The van der Waals surface area contributed by atoms with E-state index in [1.165, 1.54) is 0 Å². The number of sulfonamides is 1. The van der Waals surface area contributed by atoms with Crippen LogP contribution in [0.1, 0.15) is 34.1 Å². The van der Waals surface area contributed by atoms with Gasteiger partial charge in [0.25, 0.3) is 0 Å². The second-order valence-electron chi connectivity index (χ2n) is 5.93. The first-order valence-corrected chi connectivity index (χ1v) is 8.73. The Labute approximate surface area is 127 Å². The van der Waals surface area contributed by atoms with Gasteiger partial charge in [-0.05, 0) is 38.3 Å². The summed E-state index contributed by atoms with van der Waals surface area (Å²) < 4.78 is 27.3. The van der Waals surface area contributed by atoms with Gasteiger partial charge in [0.05, 0.1) is 12.3 Å². The second-order valence-corrected chi connectivity index (χ2v) is 7.61. The first kappa shape index (κ1) is 17.9. The topological polar surface area (TPSA) is 78.4 Å². The van der Waals surface area contributed by atoms with Crippen molar-refractivity contribution >= 4 is 15.7 Å². The van der Waals surface area contributed by atoms with E-state index in [0.717, 1.165) is 6.42 Å². The first-order valence-electron chi connectivity index (χ1n) is 7.25. The molecule has 0 aliphatic rings. The van der Waals surface area contributed by atoms with Crippen LogP contribution in [0.4, 0.5) is 5.69 Å². The highest BCUT2D eigenvalue weighted by Crippen LogP contribution is 2.23. The lowest BCUT2D eigenvalue weighted by Gasteiger charge is -2.21. The highest BCUT2D eigenvalue weighted by atomic mass is 32.2. The highest BCUT2D eigenvalue weighted by Gasteiger charge is 2.20. The maximum atomic E-state index is 12.3. The van der Waals surface area contributed by atoms with E-state index in [1.807, 2.05) is 0 Å². The van der Waals surface area contributed by atoms with Crippen LogP contribution in [0.3, 0.4) is 0 Å². The molecule has 0 aromatic heterocycles. The molecule has 0 saturated heterocycles. The summed E-state index contributed by atoms with van der Waals surface area (Å²) in [6, 6.07) is 6.42. The van der Waals surface area contributed by atoms with Gasteiger partial charge < -0.3 is 10.4 Å². The Kier molecular flexibility index (Phi) is 6.64. The van der Waals surface area contributed by atoms with Crippen molar-refractivity contribution in [3.63, 3.8) is 0 Å². The molecular formula is C15H26N2O3S. The number of benzene rings is 1. The van der Waals surface area contributed by atoms with Crippen molar-refractivity contribution in [2.24, 2.45) is 5.92 Å². The Morgan fingerprint density at radius 3 is 2.29 bits per heavy atom. The number of aliphatic hydroxyl groups is 1. The van der Waals surface area contributed by atoms with Gasteiger partial charge in [-0.25, -0.2) is 13.1 Å². The summed E-state index contributed by atoms with van der Waals surface area (Å²) in [5.74, 6) is 0.409. The molecule has 6 heteroatoms. The Morgan fingerprint density at radius 1 is 1.14 bits per heavy atom. The number of rotatable bonds is 8. The minimum atomic E-state index is -3.57. The fourth-order valence-corrected chi connectivity index (χ4v) is 3.58. The summed E-state index contributed by atoms with van der Waals surface area (Å²) in [6.07, 6.45) is 0.766. The third-order valence-corrected chi connectivity index (χ3v) is 4.62. The number of nitrogens with one attached hydrogen (secondary N) is 2. The predicted octanol–water partition coefficient (Wildman–Crippen LogP) is 2.19. The molecule has 0 saturated carbocycles. The molecule has 0 spiro atoms. The lowest BCUT2D eigenvalue weighted by Crippen LogP contribution is -2.32. The van der Waals surface area contributed by atoms with Gasteiger partial charge in [-0.15, -0.1) is 0 Å².